The Morgan fingerprint density at radius 1 is 0.957 bits per heavy atom. The van der Waals surface area contributed by atoms with Gasteiger partial charge < -0.3 is 9.80 Å². The topological polar surface area (TPSA) is 48.5 Å². The van der Waals surface area contributed by atoms with Gasteiger partial charge in [0.25, 0.3) is 0 Å². The number of pyridine rings is 1. The number of nitrogens with one attached hydrogen (secondary N) is 1. The Balaban J connectivity index is 1.54. The zero-order valence-corrected chi connectivity index (χ0v) is 13.6. The van der Waals surface area contributed by atoms with Gasteiger partial charge in [-0.15, -0.1) is 0 Å². The van der Waals surface area contributed by atoms with Crippen LogP contribution in [0.5, 0.6) is 0 Å². The fourth-order valence-corrected chi connectivity index (χ4v) is 2.65. The molecule has 2 heterocycles. The molecular weight excluding hydrogens is 288 g/mol. The average Bonchev–Trinajstić information content (AvgIpc) is 2.58. The van der Waals surface area contributed by atoms with Crippen molar-refractivity contribution in [2.45, 2.75) is 13.8 Å². The molecule has 3 rings (SSSR count). The minimum Gasteiger partial charge on any atom is -0.368 e. The molecule has 1 aliphatic heterocycles. The highest BCUT2D eigenvalue weighted by Gasteiger charge is 2.21. The largest absolute Gasteiger partial charge is 0.368 e. The maximum atomic E-state index is 12.3. The van der Waals surface area contributed by atoms with Gasteiger partial charge in [-0.2, -0.15) is 0 Å². The molecule has 0 bridgehead atoms. The molecule has 5 heteroatoms. The predicted molar refractivity (Wildman–Crippen MR) is 93.0 cm³/mol. The third kappa shape index (κ3) is 3.80. The van der Waals surface area contributed by atoms with E-state index in [0.29, 0.717) is 18.9 Å². The van der Waals surface area contributed by atoms with Gasteiger partial charge in [0.2, 0.25) is 0 Å². The molecule has 2 aromatic rings. The monoisotopic (exact) mass is 310 g/mol. The Labute approximate surface area is 136 Å². The Morgan fingerprint density at radius 2 is 1.61 bits per heavy atom. The van der Waals surface area contributed by atoms with Gasteiger partial charge in [-0.25, -0.2) is 9.78 Å². The second-order valence-corrected chi connectivity index (χ2v) is 5.96. The van der Waals surface area contributed by atoms with Crippen molar-refractivity contribution in [1.82, 2.24) is 9.88 Å². The second-order valence-electron chi connectivity index (χ2n) is 5.96. The molecule has 0 unspecified atom stereocenters. The maximum absolute atomic E-state index is 12.3. The van der Waals surface area contributed by atoms with Gasteiger partial charge in [-0.05, 0) is 37.6 Å². The van der Waals surface area contributed by atoms with Crippen LogP contribution in [0, 0.1) is 13.8 Å². The number of carbonyl (C=O) groups excluding carboxylic acids is 1. The summed E-state index contributed by atoms with van der Waals surface area (Å²) >= 11 is 0. The molecule has 1 N–H and O–H groups in total. The lowest BCUT2D eigenvalue weighted by atomic mass is 10.2. The van der Waals surface area contributed by atoms with Crippen LogP contribution in [0.4, 0.5) is 16.3 Å². The van der Waals surface area contributed by atoms with Crippen molar-refractivity contribution in [3.05, 3.63) is 53.7 Å². The number of hydrogen-bond donors (Lipinski definition) is 1. The van der Waals surface area contributed by atoms with Gasteiger partial charge >= 0.3 is 6.03 Å². The van der Waals surface area contributed by atoms with Crippen molar-refractivity contribution in [3.63, 3.8) is 0 Å². The fourth-order valence-electron chi connectivity index (χ4n) is 2.65. The molecule has 0 radical (unpaired) electrons. The molecule has 0 aliphatic carbocycles. The molecule has 5 nitrogen and oxygen atoms in total. The highest BCUT2D eigenvalue weighted by molar-refractivity contribution is 5.88. The lowest BCUT2D eigenvalue weighted by Crippen LogP contribution is -2.50. The van der Waals surface area contributed by atoms with Crippen molar-refractivity contribution in [3.8, 4) is 0 Å². The lowest BCUT2D eigenvalue weighted by Gasteiger charge is -2.36. The van der Waals surface area contributed by atoms with E-state index in [0.717, 1.165) is 18.7 Å². The van der Waals surface area contributed by atoms with Gasteiger partial charge in [0, 0.05) is 38.1 Å². The molecule has 23 heavy (non-hydrogen) atoms. The van der Waals surface area contributed by atoms with Crippen LogP contribution in [-0.4, -0.2) is 42.1 Å². The number of aryl methyl sites for hydroxylation is 2. The number of urea groups is 1. The van der Waals surface area contributed by atoms with Crippen LogP contribution in [0.2, 0.25) is 0 Å². The number of aromatic nitrogens is 1. The Hall–Kier alpha value is -2.56. The van der Waals surface area contributed by atoms with E-state index in [1.54, 1.807) is 6.20 Å². The highest BCUT2D eigenvalue weighted by atomic mass is 16.2. The first-order chi connectivity index (χ1) is 11.1. The first-order valence-corrected chi connectivity index (χ1v) is 7.92. The van der Waals surface area contributed by atoms with E-state index in [1.807, 2.05) is 24.0 Å². The molecule has 1 aromatic heterocycles. The summed E-state index contributed by atoms with van der Waals surface area (Å²) in [6, 6.07) is 12.2. The van der Waals surface area contributed by atoms with Crippen molar-refractivity contribution in [2.24, 2.45) is 0 Å². The number of anilines is 2. The van der Waals surface area contributed by atoms with Gasteiger partial charge in [0.15, 0.2) is 0 Å². The Kier molecular flexibility index (Phi) is 4.46. The van der Waals surface area contributed by atoms with Crippen molar-refractivity contribution in [2.75, 3.05) is 36.4 Å². The summed E-state index contributed by atoms with van der Waals surface area (Å²) in [5.41, 5.74) is 3.56. The smallest absolute Gasteiger partial charge is 0.323 e. The van der Waals surface area contributed by atoms with Crippen LogP contribution in [0.25, 0.3) is 0 Å². The maximum Gasteiger partial charge on any atom is 0.323 e. The summed E-state index contributed by atoms with van der Waals surface area (Å²) in [5.74, 6) is 0.599. The number of rotatable bonds is 2. The Bertz CT molecular complexity index is 658. The first-order valence-electron chi connectivity index (χ1n) is 7.92. The summed E-state index contributed by atoms with van der Waals surface area (Å²) < 4.78 is 0. The summed E-state index contributed by atoms with van der Waals surface area (Å²) in [6.45, 7) is 7.18. The van der Waals surface area contributed by atoms with E-state index in [4.69, 9.17) is 0 Å². The first kappa shape index (κ1) is 15.3. The molecule has 1 fully saturated rings. The van der Waals surface area contributed by atoms with Crippen LogP contribution < -0.4 is 10.2 Å². The molecule has 120 valence electrons. The van der Waals surface area contributed by atoms with Gasteiger partial charge in [0.05, 0.1) is 0 Å². The van der Waals surface area contributed by atoms with E-state index in [9.17, 15) is 4.79 Å². The number of benzene rings is 1. The van der Waals surface area contributed by atoms with Crippen molar-refractivity contribution >= 4 is 17.5 Å². The van der Waals surface area contributed by atoms with Crippen LogP contribution in [0.1, 0.15) is 11.1 Å². The molecule has 1 saturated heterocycles. The van der Waals surface area contributed by atoms with E-state index in [-0.39, 0.29) is 6.03 Å². The third-order valence-electron chi connectivity index (χ3n) is 4.11. The highest BCUT2D eigenvalue weighted by Crippen LogP contribution is 2.17. The van der Waals surface area contributed by atoms with E-state index >= 15 is 0 Å². The normalized spacial score (nSPS) is 14.7. The predicted octanol–water partition coefficient (Wildman–Crippen LogP) is 3.05. The molecular formula is C18H22N4O. The molecule has 0 saturated carbocycles. The SMILES string of the molecule is Cc1ccc(N2CCN(C(=O)Nc3ccc(C)cn3)CC2)cc1. The molecule has 1 aromatic carbocycles. The van der Waals surface area contributed by atoms with E-state index in [1.165, 1.54) is 11.3 Å². The Morgan fingerprint density at radius 3 is 2.22 bits per heavy atom. The fraction of sp³-hybridized carbons (Fsp3) is 0.333. The van der Waals surface area contributed by atoms with Gasteiger partial charge in [-0.3, -0.25) is 5.32 Å². The summed E-state index contributed by atoms with van der Waals surface area (Å²) in [7, 11) is 0. The van der Waals surface area contributed by atoms with Crippen LogP contribution in [-0.2, 0) is 0 Å². The molecule has 0 spiro atoms. The second kappa shape index (κ2) is 6.69. The average molecular weight is 310 g/mol. The summed E-state index contributed by atoms with van der Waals surface area (Å²) in [5, 5.41) is 2.86. The van der Waals surface area contributed by atoms with Crippen LogP contribution >= 0.6 is 0 Å². The van der Waals surface area contributed by atoms with Crippen molar-refractivity contribution < 1.29 is 4.79 Å². The number of carbonyl (C=O) groups is 1. The van der Waals surface area contributed by atoms with Crippen molar-refractivity contribution in [1.29, 1.82) is 0 Å². The van der Waals surface area contributed by atoms with Crippen LogP contribution in [0.15, 0.2) is 42.6 Å². The number of amides is 2. The van der Waals surface area contributed by atoms with E-state index < -0.39 is 0 Å². The third-order valence-corrected chi connectivity index (χ3v) is 4.11. The van der Waals surface area contributed by atoms with Gasteiger partial charge in [0.1, 0.15) is 5.82 Å². The molecule has 2 amide bonds. The van der Waals surface area contributed by atoms with Gasteiger partial charge in [-0.1, -0.05) is 23.8 Å². The minimum absolute atomic E-state index is 0.0788. The zero-order valence-electron chi connectivity index (χ0n) is 13.6. The van der Waals surface area contributed by atoms with Crippen LogP contribution in [0.3, 0.4) is 0 Å². The lowest BCUT2D eigenvalue weighted by molar-refractivity contribution is 0.208. The molecule has 1 aliphatic rings. The number of piperazine rings is 1. The van der Waals surface area contributed by atoms with E-state index in [2.05, 4.69) is 46.4 Å². The summed E-state index contributed by atoms with van der Waals surface area (Å²) in [6.07, 6.45) is 1.75. The minimum atomic E-state index is -0.0788. The quantitative estimate of drug-likeness (QED) is 0.927. The number of hydrogen-bond acceptors (Lipinski definition) is 3. The molecule has 0 atom stereocenters. The number of nitrogens with zero attached hydrogens (tertiary/aromatic N) is 3. The standard InChI is InChI=1S/C18H22N4O/c1-14-3-6-16(7-4-14)21-9-11-22(12-10-21)18(23)20-17-8-5-15(2)13-19-17/h3-8,13H,9-12H2,1-2H3,(H,19,20,23). The summed E-state index contributed by atoms with van der Waals surface area (Å²) in [4.78, 5) is 20.7. The zero-order chi connectivity index (χ0) is 16.2.